The smallest absolute Gasteiger partial charge is 0.229 e. The number of H-pyrrole nitrogens is 1. The van der Waals surface area contributed by atoms with Gasteiger partial charge < -0.3 is 20.5 Å². The highest BCUT2D eigenvalue weighted by atomic mass is 79.9. The summed E-state index contributed by atoms with van der Waals surface area (Å²) in [7, 11) is 0. The van der Waals surface area contributed by atoms with E-state index in [0.29, 0.717) is 18.3 Å². The van der Waals surface area contributed by atoms with E-state index in [0.717, 1.165) is 32.6 Å². The zero-order chi connectivity index (χ0) is 18.8. The number of allylic oxidation sites excluding steroid dienone is 3. The summed E-state index contributed by atoms with van der Waals surface area (Å²) in [5, 5.41) is 6.59. The van der Waals surface area contributed by atoms with Gasteiger partial charge in [-0.05, 0) is 53.2 Å². The normalized spacial score (nSPS) is 13.6. The first-order valence-corrected chi connectivity index (χ1v) is 9.17. The highest BCUT2D eigenvalue weighted by molar-refractivity contribution is 9.10. The lowest BCUT2D eigenvalue weighted by molar-refractivity contribution is 0.502. The highest BCUT2D eigenvalue weighted by Crippen LogP contribution is 2.25. The van der Waals surface area contributed by atoms with Gasteiger partial charge in [0, 0.05) is 29.5 Å². The van der Waals surface area contributed by atoms with Gasteiger partial charge in [0.1, 0.15) is 5.82 Å². The van der Waals surface area contributed by atoms with E-state index in [-0.39, 0.29) is 0 Å². The number of rotatable bonds is 5. The Balaban J connectivity index is 1.53. The highest BCUT2D eigenvalue weighted by Gasteiger charge is 2.12. The van der Waals surface area contributed by atoms with E-state index in [9.17, 15) is 0 Å². The molecule has 0 bridgehead atoms. The molecule has 0 radical (unpaired) electrons. The van der Waals surface area contributed by atoms with Crippen molar-refractivity contribution >= 4 is 44.4 Å². The van der Waals surface area contributed by atoms with Crippen molar-refractivity contribution in [2.45, 2.75) is 6.92 Å². The van der Waals surface area contributed by atoms with Crippen LogP contribution in [0.3, 0.4) is 0 Å². The Kier molecular flexibility index (Phi) is 4.64. The minimum Gasteiger partial charge on any atom is -0.346 e. The van der Waals surface area contributed by atoms with E-state index >= 15 is 0 Å². The van der Waals surface area contributed by atoms with Gasteiger partial charge in [0.25, 0.3) is 0 Å². The number of imidazole rings is 1. The predicted octanol–water partition coefficient (Wildman–Crippen LogP) is 4.52. The first-order chi connectivity index (χ1) is 13.1. The molecule has 1 aliphatic heterocycles. The summed E-state index contributed by atoms with van der Waals surface area (Å²) in [5.41, 5.74) is 4.75. The van der Waals surface area contributed by atoms with Gasteiger partial charge in [0.05, 0.1) is 28.4 Å². The molecule has 136 valence electrons. The Morgan fingerprint density at radius 2 is 2.19 bits per heavy atom. The molecule has 8 heteroatoms. The summed E-state index contributed by atoms with van der Waals surface area (Å²) in [5.74, 6) is 1.20. The molecule has 1 aromatic carbocycles. The third-order valence-electron chi connectivity index (χ3n) is 4.09. The predicted molar refractivity (Wildman–Crippen MR) is 111 cm³/mol. The van der Waals surface area contributed by atoms with Gasteiger partial charge in [-0.2, -0.15) is 4.98 Å². The van der Waals surface area contributed by atoms with E-state index in [2.05, 4.69) is 58.0 Å². The van der Waals surface area contributed by atoms with Gasteiger partial charge in [0.2, 0.25) is 5.95 Å². The Bertz CT molecular complexity index is 1070. The van der Waals surface area contributed by atoms with Crippen molar-refractivity contribution in [1.82, 2.24) is 24.8 Å². The van der Waals surface area contributed by atoms with Crippen LogP contribution in [0.2, 0.25) is 0 Å². The van der Waals surface area contributed by atoms with Gasteiger partial charge in [0.15, 0.2) is 0 Å². The Morgan fingerprint density at radius 3 is 3.04 bits per heavy atom. The van der Waals surface area contributed by atoms with Crippen LogP contribution < -0.4 is 10.6 Å². The van der Waals surface area contributed by atoms with Crippen LogP contribution in [-0.2, 0) is 0 Å². The van der Waals surface area contributed by atoms with Crippen LogP contribution >= 0.6 is 15.9 Å². The van der Waals surface area contributed by atoms with E-state index in [4.69, 9.17) is 0 Å². The fourth-order valence-corrected chi connectivity index (χ4v) is 3.00. The zero-order valence-corrected chi connectivity index (χ0v) is 16.3. The number of nitrogens with zero attached hydrogens (tertiary/aromatic N) is 4. The molecule has 0 spiro atoms. The summed E-state index contributed by atoms with van der Waals surface area (Å²) in [4.78, 5) is 18.3. The van der Waals surface area contributed by atoms with Gasteiger partial charge >= 0.3 is 0 Å². The first kappa shape index (κ1) is 17.3. The molecule has 1 aliphatic rings. The van der Waals surface area contributed by atoms with Crippen LogP contribution in [0.15, 0.2) is 71.5 Å². The van der Waals surface area contributed by atoms with Crippen molar-refractivity contribution in [3.63, 3.8) is 0 Å². The minimum atomic E-state index is 0.503. The maximum atomic E-state index is 4.59. The van der Waals surface area contributed by atoms with Crippen molar-refractivity contribution in [2.75, 3.05) is 17.2 Å². The van der Waals surface area contributed by atoms with Crippen LogP contribution in [0, 0.1) is 0 Å². The molecule has 0 atom stereocenters. The topological polar surface area (TPSA) is 81.8 Å². The van der Waals surface area contributed by atoms with E-state index in [1.165, 1.54) is 0 Å². The number of halogens is 1. The van der Waals surface area contributed by atoms with E-state index < -0.39 is 0 Å². The van der Waals surface area contributed by atoms with Crippen molar-refractivity contribution in [2.24, 2.45) is 0 Å². The Hall–Kier alpha value is -3.13. The van der Waals surface area contributed by atoms with Crippen molar-refractivity contribution in [3.05, 3.63) is 71.5 Å². The number of anilines is 3. The van der Waals surface area contributed by atoms with Crippen LogP contribution in [0.5, 0.6) is 0 Å². The summed E-state index contributed by atoms with van der Waals surface area (Å²) in [6, 6.07) is 5.86. The SMILES string of the molecule is C=C(C)N1C=CC=C(Nc2nc(Nc3ccc4nc[nH]c4c3)ncc2Br)C1. The Labute approximate surface area is 165 Å². The lowest BCUT2D eigenvalue weighted by atomic mass is 10.2. The third-order valence-corrected chi connectivity index (χ3v) is 4.67. The third kappa shape index (κ3) is 3.85. The number of hydrogen-bond donors (Lipinski definition) is 3. The lowest BCUT2D eigenvalue weighted by Crippen LogP contribution is -2.23. The molecule has 0 saturated heterocycles. The van der Waals surface area contributed by atoms with Crippen LogP contribution in [-0.4, -0.2) is 31.4 Å². The molecule has 0 fully saturated rings. The second kappa shape index (κ2) is 7.24. The summed E-state index contributed by atoms with van der Waals surface area (Å²) < 4.78 is 0.786. The molecule has 27 heavy (non-hydrogen) atoms. The molecule has 7 nitrogen and oxygen atoms in total. The maximum absolute atomic E-state index is 4.59. The molecule has 3 N–H and O–H groups in total. The van der Waals surface area contributed by atoms with Gasteiger partial charge in [-0.25, -0.2) is 9.97 Å². The summed E-state index contributed by atoms with van der Waals surface area (Å²) in [6.45, 7) is 6.67. The van der Waals surface area contributed by atoms with E-state index in [1.807, 2.05) is 43.5 Å². The standard InChI is InChI=1S/C19H18BrN7/c1-12(2)27-7-3-4-14(10-27)24-18-15(20)9-21-19(26-18)25-13-5-6-16-17(8-13)23-11-22-16/h3-9,11H,1,10H2,2H3,(H,22,23)(H2,21,24,25,26). The molecule has 0 amide bonds. The number of aromatic amines is 1. The quantitative estimate of drug-likeness (QED) is 0.559. The van der Waals surface area contributed by atoms with Gasteiger partial charge in [-0.1, -0.05) is 6.58 Å². The summed E-state index contributed by atoms with van der Waals surface area (Å²) >= 11 is 3.51. The number of aromatic nitrogens is 4. The maximum Gasteiger partial charge on any atom is 0.229 e. The van der Waals surface area contributed by atoms with Crippen molar-refractivity contribution in [1.29, 1.82) is 0 Å². The second-order valence-corrected chi connectivity index (χ2v) is 7.03. The average molecular weight is 424 g/mol. The summed E-state index contributed by atoms with van der Waals surface area (Å²) in [6.07, 6.45) is 9.40. The number of hydrogen-bond acceptors (Lipinski definition) is 6. The zero-order valence-electron chi connectivity index (χ0n) is 14.7. The van der Waals surface area contributed by atoms with Crippen LogP contribution in [0.4, 0.5) is 17.5 Å². The number of nitrogens with one attached hydrogen (secondary N) is 3. The van der Waals surface area contributed by atoms with E-state index in [1.54, 1.807) is 12.5 Å². The first-order valence-electron chi connectivity index (χ1n) is 8.38. The fraction of sp³-hybridized carbons (Fsp3) is 0.105. The lowest BCUT2D eigenvalue weighted by Gasteiger charge is -2.25. The van der Waals surface area contributed by atoms with Crippen molar-refractivity contribution in [3.8, 4) is 0 Å². The largest absolute Gasteiger partial charge is 0.346 e. The minimum absolute atomic E-state index is 0.503. The van der Waals surface area contributed by atoms with Gasteiger partial charge in [-0.15, -0.1) is 0 Å². The van der Waals surface area contributed by atoms with Gasteiger partial charge in [-0.3, -0.25) is 0 Å². The monoisotopic (exact) mass is 423 g/mol. The molecule has 0 saturated carbocycles. The molecule has 4 rings (SSSR count). The second-order valence-electron chi connectivity index (χ2n) is 6.17. The Morgan fingerprint density at radius 1 is 1.30 bits per heavy atom. The molecular weight excluding hydrogens is 406 g/mol. The average Bonchev–Trinajstić information content (AvgIpc) is 3.12. The molecule has 2 aromatic heterocycles. The fourth-order valence-electron chi connectivity index (χ4n) is 2.70. The molecule has 0 aliphatic carbocycles. The number of benzene rings is 1. The van der Waals surface area contributed by atoms with Crippen LogP contribution in [0.1, 0.15) is 6.92 Å². The number of fused-ring (bicyclic) bond motifs is 1. The molecule has 0 unspecified atom stereocenters. The molecule has 3 aromatic rings. The van der Waals surface area contributed by atoms with Crippen molar-refractivity contribution < 1.29 is 0 Å². The molecule has 3 heterocycles. The molecular formula is C19H18BrN7. The van der Waals surface area contributed by atoms with Crippen LogP contribution in [0.25, 0.3) is 11.0 Å².